The number of likely N-dealkylation sites (tertiary alicyclic amines) is 1. The van der Waals surface area contributed by atoms with E-state index >= 15 is 0 Å². The number of carbonyl (C=O) groups excluding carboxylic acids is 1. The monoisotopic (exact) mass is 330 g/mol. The lowest BCUT2D eigenvalue weighted by Gasteiger charge is -2.20. The standard InChI is InChI=1S/C17H18N2O3S/c20-16(19-8-4-7-14(19)17(21)22)10-13-11-23-15(18-13)9-12-5-2-1-3-6-12/h1-3,5-6,11,14H,4,7-10H2,(H,21,22). The lowest BCUT2D eigenvalue weighted by Crippen LogP contribution is -2.41. The molecule has 1 atom stereocenters. The summed E-state index contributed by atoms with van der Waals surface area (Å²) in [5.74, 6) is -1.06. The van der Waals surface area contributed by atoms with Crippen LogP contribution < -0.4 is 0 Å². The van der Waals surface area contributed by atoms with Gasteiger partial charge in [-0.1, -0.05) is 30.3 Å². The molecule has 6 heteroatoms. The Bertz CT molecular complexity index is 699. The van der Waals surface area contributed by atoms with Crippen molar-refractivity contribution in [3.8, 4) is 0 Å². The first-order valence-corrected chi connectivity index (χ1v) is 8.51. The lowest BCUT2D eigenvalue weighted by atomic mass is 10.2. The van der Waals surface area contributed by atoms with E-state index in [1.54, 1.807) is 0 Å². The van der Waals surface area contributed by atoms with Gasteiger partial charge in [-0.05, 0) is 18.4 Å². The van der Waals surface area contributed by atoms with Crippen LogP contribution in [0.4, 0.5) is 0 Å². The highest BCUT2D eigenvalue weighted by atomic mass is 32.1. The maximum atomic E-state index is 12.3. The summed E-state index contributed by atoms with van der Waals surface area (Å²) >= 11 is 1.54. The van der Waals surface area contributed by atoms with Gasteiger partial charge in [0.15, 0.2) is 0 Å². The van der Waals surface area contributed by atoms with Gasteiger partial charge in [0.05, 0.1) is 17.1 Å². The van der Waals surface area contributed by atoms with Gasteiger partial charge in [-0.25, -0.2) is 9.78 Å². The summed E-state index contributed by atoms with van der Waals surface area (Å²) in [6.45, 7) is 0.525. The Labute approximate surface area is 138 Å². The van der Waals surface area contributed by atoms with Crippen molar-refractivity contribution in [3.05, 3.63) is 52.0 Å². The molecule has 1 aromatic heterocycles. The molecule has 1 unspecified atom stereocenters. The van der Waals surface area contributed by atoms with E-state index in [4.69, 9.17) is 5.11 Å². The molecule has 120 valence electrons. The van der Waals surface area contributed by atoms with E-state index in [0.29, 0.717) is 13.0 Å². The number of nitrogens with zero attached hydrogens (tertiary/aromatic N) is 2. The Balaban J connectivity index is 1.62. The Morgan fingerprint density at radius 2 is 2.09 bits per heavy atom. The third kappa shape index (κ3) is 3.76. The smallest absolute Gasteiger partial charge is 0.326 e. The van der Waals surface area contributed by atoms with E-state index in [2.05, 4.69) is 4.98 Å². The summed E-state index contributed by atoms with van der Waals surface area (Å²) < 4.78 is 0. The van der Waals surface area contributed by atoms with E-state index in [1.807, 2.05) is 35.7 Å². The molecule has 0 spiro atoms. The molecule has 0 saturated carbocycles. The second-order valence-corrected chi connectivity index (χ2v) is 6.60. The minimum atomic E-state index is -0.918. The van der Waals surface area contributed by atoms with Crippen LogP contribution in [0.3, 0.4) is 0 Å². The number of carboxylic acid groups (broad SMARTS) is 1. The SMILES string of the molecule is O=C(O)C1CCCN1C(=O)Cc1csc(Cc2ccccc2)n1. The number of rotatable bonds is 5. The van der Waals surface area contributed by atoms with Crippen molar-refractivity contribution in [3.63, 3.8) is 0 Å². The van der Waals surface area contributed by atoms with Crippen molar-refractivity contribution in [2.24, 2.45) is 0 Å². The summed E-state index contributed by atoms with van der Waals surface area (Å²) in [5, 5.41) is 12.0. The minimum Gasteiger partial charge on any atom is -0.480 e. The largest absolute Gasteiger partial charge is 0.480 e. The lowest BCUT2D eigenvalue weighted by molar-refractivity contribution is -0.148. The molecule has 1 aliphatic heterocycles. The zero-order chi connectivity index (χ0) is 16.2. The van der Waals surface area contributed by atoms with Crippen LogP contribution in [0.5, 0.6) is 0 Å². The number of carbonyl (C=O) groups is 2. The number of hydrogen-bond donors (Lipinski definition) is 1. The highest BCUT2D eigenvalue weighted by Gasteiger charge is 2.33. The summed E-state index contributed by atoms with van der Waals surface area (Å²) in [5.41, 5.74) is 1.91. The van der Waals surface area contributed by atoms with E-state index < -0.39 is 12.0 Å². The number of aromatic nitrogens is 1. The Morgan fingerprint density at radius 1 is 1.30 bits per heavy atom. The average Bonchev–Trinajstić information content (AvgIpc) is 3.17. The van der Waals surface area contributed by atoms with Gasteiger partial charge < -0.3 is 10.0 Å². The molecular weight excluding hydrogens is 312 g/mol. The molecule has 1 N–H and O–H groups in total. The van der Waals surface area contributed by atoms with Crippen molar-refractivity contribution >= 4 is 23.2 Å². The number of aliphatic carboxylic acids is 1. The fraction of sp³-hybridized carbons (Fsp3) is 0.353. The highest BCUT2D eigenvalue weighted by Crippen LogP contribution is 2.20. The van der Waals surface area contributed by atoms with Crippen molar-refractivity contribution in [1.82, 2.24) is 9.88 Å². The molecule has 0 bridgehead atoms. The molecular formula is C17H18N2O3S. The van der Waals surface area contributed by atoms with Gasteiger partial charge in [0.1, 0.15) is 6.04 Å². The molecule has 2 aromatic rings. The number of benzene rings is 1. The number of amides is 1. The van der Waals surface area contributed by atoms with E-state index in [-0.39, 0.29) is 12.3 Å². The van der Waals surface area contributed by atoms with Gasteiger partial charge in [-0.2, -0.15) is 0 Å². The zero-order valence-corrected chi connectivity index (χ0v) is 13.5. The first-order valence-electron chi connectivity index (χ1n) is 7.63. The van der Waals surface area contributed by atoms with Crippen LogP contribution >= 0.6 is 11.3 Å². The fourth-order valence-electron chi connectivity index (χ4n) is 2.86. The predicted molar refractivity (Wildman–Crippen MR) is 87.4 cm³/mol. The molecule has 1 fully saturated rings. The molecule has 1 aromatic carbocycles. The van der Waals surface area contributed by atoms with Crippen molar-refractivity contribution in [2.45, 2.75) is 31.7 Å². The van der Waals surface area contributed by atoms with Crippen LogP contribution in [-0.2, 0) is 22.4 Å². The number of thiazole rings is 1. The molecule has 5 nitrogen and oxygen atoms in total. The van der Waals surface area contributed by atoms with E-state index in [9.17, 15) is 9.59 Å². The fourth-order valence-corrected chi connectivity index (χ4v) is 3.69. The van der Waals surface area contributed by atoms with E-state index in [1.165, 1.54) is 21.8 Å². The number of hydrogen-bond acceptors (Lipinski definition) is 4. The average molecular weight is 330 g/mol. The van der Waals surface area contributed by atoms with Crippen LogP contribution in [0.15, 0.2) is 35.7 Å². The normalized spacial score (nSPS) is 17.4. The number of carboxylic acids is 1. The maximum absolute atomic E-state index is 12.3. The molecule has 23 heavy (non-hydrogen) atoms. The van der Waals surface area contributed by atoms with Gasteiger partial charge in [0.2, 0.25) is 5.91 Å². The van der Waals surface area contributed by atoms with Gasteiger partial charge in [0, 0.05) is 18.3 Å². The zero-order valence-electron chi connectivity index (χ0n) is 12.6. The predicted octanol–water partition coefficient (Wildman–Crippen LogP) is 2.35. The van der Waals surface area contributed by atoms with Gasteiger partial charge in [0.25, 0.3) is 0 Å². The van der Waals surface area contributed by atoms with Crippen LogP contribution in [0.2, 0.25) is 0 Å². The molecule has 1 aliphatic rings. The third-order valence-corrected chi connectivity index (χ3v) is 4.89. The molecule has 2 heterocycles. The van der Waals surface area contributed by atoms with Gasteiger partial charge in [-0.15, -0.1) is 11.3 Å². The van der Waals surface area contributed by atoms with Crippen LogP contribution in [0.25, 0.3) is 0 Å². The molecule has 0 radical (unpaired) electrons. The van der Waals surface area contributed by atoms with Gasteiger partial charge >= 0.3 is 5.97 Å². The molecule has 0 aliphatic carbocycles. The Kier molecular flexibility index (Phi) is 4.71. The van der Waals surface area contributed by atoms with Gasteiger partial charge in [-0.3, -0.25) is 4.79 Å². The second-order valence-electron chi connectivity index (χ2n) is 5.66. The van der Waals surface area contributed by atoms with Crippen molar-refractivity contribution < 1.29 is 14.7 Å². The summed E-state index contributed by atoms with van der Waals surface area (Å²) in [7, 11) is 0. The Hall–Kier alpha value is -2.21. The quantitative estimate of drug-likeness (QED) is 0.913. The highest BCUT2D eigenvalue weighted by molar-refractivity contribution is 7.09. The first-order chi connectivity index (χ1) is 11.1. The molecule has 1 amide bonds. The van der Waals surface area contributed by atoms with Crippen LogP contribution in [0.1, 0.15) is 29.1 Å². The Morgan fingerprint density at radius 3 is 2.83 bits per heavy atom. The van der Waals surface area contributed by atoms with Crippen LogP contribution in [-0.4, -0.2) is 39.5 Å². The van der Waals surface area contributed by atoms with Crippen molar-refractivity contribution in [2.75, 3.05) is 6.54 Å². The minimum absolute atomic E-state index is 0.147. The summed E-state index contributed by atoms with van der Waals surface area (Å²) in [6.07, 6.45) is 2.21. The molecule has 3 rings (SSSR count). The van der Waals surface area contributed by atoms with Crippen LogP contribution in [0, 0.1) is 0 Å². The van der Waals surface area contributed by atoms with E-state index in [0.717, 1.165) is 23.5 Å². The third-order valence-electron chi connectivity index (χ3n) is 3.99. The topological polar surface area (TPSA) is 70.5 Å². The summed E-state index contributed by atoms with van der Waals surface area (Å²) in [4.78, 5) is 29.5. The second kappa shape index (κ2) is 6.91. The first kappa shape index (κ1) is 15.7. The van der Waals surface area contributed by atoms with Crippen molar-refractivity contribution in [1.29, 1.82) is 0 Å². The summed E-state index contributed by atoms with van der Waals surface area (Å²) in [6, 6.07) is 9.39. The molecule has 1 saturated heterocycles. The maximum Gasteiger partial charge on any atom is 0.326 e.